The molecule has 0 fully saturated rings. The summed E-state index contributed by atoms with van der Waals surface area (Å²) < 4.78 is 38.7. The molecule has 2 aromatic carbocycles. The molecule has 2 N–H and O–H groups in total. The van der Waals surface area contributed by atoms with Gasteiger partial charge in [0.2, 0.25) is 5.88 Å². The van der Waals surface area contributed by atoms with Crippen LogP contribution < -0.4 is 19.5 Å². The van der Waals surface area contributed by atoms with E-state index in [1.807, 2.05) is 6.92 Å². The Labute approximate surface area is 191 Å². The van der Waals surface area contributed by atoms with Crippen LogP contribution in [0.3, 0.4) is 0 Å². The summed E-state index contributed by atoms with van der Waals surface area (Å²) in [6.45, 7) is 2.57. The number of carbonyl (C=O) groups excluding carboxylic acids is 1. The Morgan fingerprint density at radius 1 is 1.12 bits per heavy atom. The number of hydrogen-bond donors (Lipinski definition) is 2. The second-order valence-corrected chi connectivity index (χ2v) is 8.71. The number of methoxy groups -OCH3 is 1. The molecule has 3 rings (SSSR count). The summed E-state index contributed by atoms with van der Waals surface area (Å²) in [6, 6.07) is 13.8. The van der Waals surface area contributed by atoms with Crippen molar-refractivity contribution in [1.82, 2.24) is 10.3 Å². The Bertz CT molecular complexity index is 1220. The van der Waals surface area contributed by atoms with Crippen LogP contribution in [0.5, 0.6) is 11.6 Å². The van der Waals surface area contributed by atoms with Crippen molar-refractivity contribution in [3.8, 4) is 11.6 Å². The van der Waals surface area contributed by atoms with Crippen molar-refractivity contribution in [2.75, 3.05) is 18.4 Å². The number of anilines is 1. The number of amides is 1. The molecule has 0 atom stereocenters. The number of carbonyl (C=O) groups is 1. The van der Waals surface area contributed by atoms with E-state index < -0.39 is 15.9 Å². The van der Waals surface area contributed by atoms with E-state index in [1.54, 1.807) is 30.5 Å². The average molecular weight is 476 g/mol. The summed E-state index contributed by atoms with van der Waals surface area (Å²) in [7, 11) is -2.57. The predicted octanol–water partition coefficient (Wildman–Crippen LogP) is 3.87. The Morgan fingerprint density at radius 2 is 1.94 bits per heavy atom. The second-order valence-electron chi connectivity index (χ2n) is 6.60. The van der Waals surface area contributed by atoms with Gasteiger partial charge in [-0.05, 0) is 55.0 Å². The van der Waals surface area contributed by atoms with Gasteiger partial charge in [-0.15, -0.1) is 0 Å². The third-order valence-corrected chi connectivity index (χ3v) is 5.96. The fourth-order valence-corrected chi connectivity index (χ4v) is 4.12. The quantitative estimate of drug-likeness (QED) is 0.486. The fourth-order valence-electron chi connectivity index (χ4n) is 2.84. The van der Waals surface area contributed by atoms with Crippen molar-refractivity contribution in [2.24, 2.45) is 0 Å². The standard InChI is InChI=1S/C22H22ClN3O5S/c1-3-31-21-11-15(9-10-24-21)14-25-22(27)16-5-4-6-18(12-16)32(28,29)26-19-13-17(23)7-8-20(19)30-2/h4-13,26H,3,14H2,1-2H3,(H,25,27). The Morgan fingerprint density at radius 3 is 2.69 bits per heavy atom. The molecular weight excluding hydrogens is 454 g/mol. The molecular formula is C22H22ClN3O5S. The summed E-state index contributed by atoms with van der Waals surface area (Å²) in [4.78, 5) is 16.6. The maximum Gasteiger partial charge on any atom is 0.262 e. The normalized spacial score (nSPS) is 11.0. The summed E-state index contributed by atoms with van der Waals surface area (Å²) in [5.41, 5.74) is 1.19. The number of ether oxygens (including phenoxy) is 2. The minimum Gasteiger partial charge on any atom is -0.495 e. The molecule has 3 aromatic rings. The van der Waals surface area contributed by atoms with E-state index in [1.165, 1.54) is 37.4 Å². The monoisotopic (exact) mass is 475 g/mol. The van der Waals surface area contributed by atoms with Gasteiger partial charge in [-0.25, -0.2) is 13.4 Å². The first kappa shape index (κ1) is 23.4. The first-order valence-electron chi connectivity index (χ1n) is 9.64. The number of benzene rings is 2. The van der Waals surface area contributed by atoms with Crippen molar-refractivity contribution in [3.63, 3.8) is 0 Å². The van der Waals surface area contributed by atoms with Gasteiger partial charge in [0.25, 0.3) is 15.9 Å². The van der Waals surface area contributed by atoms with Gasteiger partial charge in [0, 0.05) is 29.4 Å². The molecule has 0 radical (unpaired) electrons. The average Bonchev–Trinajstić information content (AvgIpc) is 2.78. The molecule has 8 nitrogen and oxygen atoms in total. The highest BCUT2D eigenvalue weighted by atomic mass is 35.5. The van der Waals surface area contributed by atoms with Crippen LogP contribution >= 0.6 is 11.6 Å². The summed E-state index contributed by atoms with van der Waals surface area (Å²) in [6.07, 6.45) is 1.59. The van der Waals surface area contributed by atoms with E-state index in [-0.39, 0.29) is 22.7 Å². The molecule has 0 spiro atoms. The summed E-state index contributed by atoms with van der Waals surface area (Å²) >= 11 is 5.97. The van der Waals surface area contributed by atoms with E-state index in [9.17, 15) is 13.2 Å². The first-order chi connectivity index (χ1) is 15.3. The first-order valence-corrected chi connectivity index (χ1v) is 11.5. The largest absolute Gasteiger partial charge is 0.495 e. The molecule has 0 saturated heterocycles. The Balaban J connectivity index is 1.75. The van der Waals surface area contributed by atoms with Gasteiger partial charge in [-0.2, -0.15) is 0 Å². The van der Waals surface area contributed by atoms with Crippen LogP contribution in [0.1, 0.15) is 22.8 Å². The lowest BCUT2D eigenvalue weighted by Crippen LogP contribution is -2.23. The number of halogens is 1. The summed E-state index contributed by atoms with van der Waals surface area (Å²) in [5, 5.41) is 3.11. The third kappa shape index (κ3) is 5.89. The van der Waals surface area contributed by atoms with Crippen molar-refractivity contribution in [2.45, 2.75) is 18.4 Å². The molecule has 0 aliphatic carbocycles. The van der Waals surface area contributed by atoms with Crippen LogP contribution in [-0.2, 0) is 16.6 Å². The van der Waals surface area contributed by atoms with E-state index in [0.29, 0.717) is 23.3 Å². The van der Waals surface area contributed by atoms with E-state index >= 15 is 0 Å². The van der Waals surface area contributed by atoms with Gasteiger partial charge in [-0.3, -0.25) is 9.52 Å². The Hall–Kier alpha value is -3.30. The molecule has 1 amide bonds. The third-order valence-electron chi connectivity index (χ3n) is 4.36. The molecule has 0 saturated carbocycles. The fraction of sp³-hybridized carbons (Fsp3) is 0.182. The molecule has 1 aromatic heterocycles. The van der Waals surface area contributed by atoms with Gasteiger partial charge in [-0.1, -0.05) is 17.7 Å². The van der Waals surface area contributed by atoms with Gasteiger partial charge < -0.3 is 14.8 Å². The van der Waals surface area contributed by atoms with Gasteiger partial charge in [0.15, 0.2) is 0 Å². The van der Waals surface area contributed by atoms with Crippen molar-refractivity contribution < 1.29 is 22.7 Å². The van der Waals surface area contributed by atoms with Crippen LogP contribution in [0, 0.1) is 0 Å². The summed E-state index contributed by atoms with van der Waals surface area (Å²) in [5.74, 6) is 0.364. The zero-order valence-corrected chi connectivity index (χ0v) is 19.0. The highest BCUT2D eigenvalue weighted by Crippen LogP contribution is 2.30. The van der Waals surface area contributed by atoms with Crippen LogP contribution in [0.4, 0.5) is 5.69 Å². The second kappa shape index (κ2) is 10.3. The lowest BCUT2D eigenvalue weighted by atomic mass is 10.2. The zero-order valence-electron chi connectivity index (χ0n) is 17.5. The van der Waals surface area contributed by atoms with Crippen LogP contribution in [0.15, 0.2) is 65.7 Å². The van der Waals surface area contributed by atoms with Gasteiger partial charge in [0.05, 0.1) is 24.3 Å². The smallest absolute Gasteiger partial charge is 0.262 e. The molecule has 32 heavy (non-hydrogen) atoms. The van der Waals surface area contributed by atoms with Crippen LogP contribution in [0.25, 0.3) is 0 Å². The molecule has 168 valence electrons. The highest BCUT2D eigenvalue weighted by Gasteiger charge is 2.19. The SMILES string of the molecule is CCOc1cc(CNC(=O)c2cccc(S(=O)(=O)Nc3cc(Cl)ccc3OC)c2)ccn1. The van der Waals surface area contributed by atoms with Crippen LogP contribution in [-0.4, -0.2) is 33.0 Å². The van der Waals surface area contributed by atoms with E-state index in [4.69, 9.17) is 21.1 Å². The number of pyridine rings is 1. The molecule has 10 heteroatoms. The molecule has 0 aliphatic heterocycles. The minimum absolute atomic E-state index is 0.0743. The lowest BCUT2D eigenvalue weighted by molar-refractivity contribution is 0.0950. The van der Waals surface area contributed by atoms with E-state index in [2.05, 4.69) is 15.0 Å². The maximum absolute atomic E-state index is 12.9. The minimum atomic E-state index is -3.99. The molecule has 1 heterocycles. The predicted molar refractivity (Wildman–Crippen MR) is 122 cm³/mol. The van der Waals surface area contributed by atoms with Crippen LogP contribution in [0.2, 0.25) is 5.02 Å². The number of nitrogens with zero attached hydrogens (tertiary/aromatic N) is 1. The molecule has 0 bridgehead atoms. The van der Waals surface area contributed by atoms with Crippen molar-refractivity contribution in [3.05, 3.63) is 76.9 Å². The number of aromatic nitrogens is 1. The number of hydrogen-bond acceptors (Lipinski definition) is 6. The molecule has 0 aliphatic rings. The van der Waals surface area contributed by atoms with Crippen molar-refractivity contribution in [1.29, 1.82) is 0 Å². The maximum atomic E-state index is 12.9. The lowest BCUT2D eigenvalue weighted by Gasteiger charge is -2.13. The number of sulfonamides is 1. The Kier molecular flexibility index (Phi) is 7.55. The zero-order chi connectivity index (χ0) is 23.1. The van der Waals surface area contributed by atoms with Crippen molar-refractivity contribution >= 4 is 33.2 Å². The van der Waals surface area contributed by atoms with Gasteiger partial charge in [0.1, 0.15) is 5.75 Å². The number of nitrogens with one attached hydrogen (secondary N) is 2. The topological polar surface area (TPSA) is 107 Å². The molecule has 0 unspecified atom stereocenters. The van der Waals surface area contributed by atoms with E-state index in [0.717, 1.165) is 5.56 Å². The number of rotatable bonds is 9. The van der Waals surface area contributed by atoms with Gasteiger partial charge >= 0.3 is 0 Å². The highest BCUT2D eigenvalue weighted by molar-refractivity contribution is 7.92.